The van der Waals surface area contributed by atoms with Crippen LogP contribution in [0.15, 0.2) is 53.3 Å². The first-order valence-corrected chi connectivity index (χ1v) is 12.3. The van der Waals surface area contributed by atoms with Crippen LogP contribution in [0.5, 0.6) is 0 Å². The molecule has 2 N–H and O–H groups in total. The van der Waals surface area contributed by atoms with E-state index >= 15 is 0 Å². The summed E-state index contributed by atoms with van der Waals surface area (Å²) in [5.74, 6) is -3.09. The fourth-order valence-corrected chi connectivity index (χ4v) is 4.43. The lowest BCUT2D eigenvalue weighted by atomic mass is 10.0. The summed E-state index contributed by atoms with van der Waals surface area (Å²) in [6.45, 7) is 0.795. The second kappa shape index (κ2) is 12.5. The molecule has 13 heteroatoms. The van der Waals surface area contributed by atoms with Crippen molar-refractivity contribution in [2.75, 3.05) is 45.1 Å². The van der Waals surface area contributed by atoms with Gasteiger partial charge in [-0.15, -0.1) is 0 Å². The van der Waals surface area contributed by atoms with Crippen LogP contribution >= 0.6 is 0 Å². The Kier molecular flexibility index (Phi) is 9.07. The van der Waals surface area contributed by atoms with Gasteiger partial charge in [-0.25, -0.2) is 9.59 Å². The van der Waals surface area contributed by atoms with Gasteiger partial charge in [0.25, 0.3) is 5.56 Å². The molecule has 40 heavy (non-hydrogen) atoms. The minimum Gasteiger partial charge on any atom is -0.473 e. The molecule has 214 valence electrons. The molecule has 10 nitrogen and oxygen atoms in total. The summed E-state index contributed by atoms with van der Waals surface area (Å²) >= 11 is 0. The Morgan fingerprint density at radius 1 is 1.18 bits per heavy atom. The number of hydrogen-bond donors (Lipinski definition) is 2. The maximum Gasteiger partial charge on any atom is 0.417 e. The molecule has 0 radical (unpaired) electrons. The van der Waals surface area contributed by atoms with Crippen LogP contribution in [0.4, 0.5) is 18.9 Å². The number of benzene rings is 2. The zero-order chi connectivity index (χ0) is 28.9. The number of carboxylic acid groups (broad SMARTS) is 1. The van der Waals surface area contributed by atoms with Crippen molar-refractivity contribution in [1.82, 2.24) is 4.98 Å². The third-order valence-corrected chi connectivity index (χ3v) is 6.35. The number of esters is 1. The van der Waals surface area contributed by atoms with Crippen LogP contribution in [-0.4, -0.2) is 74.4 Å². The predicted molar refractivity (Wildman–Crippen MR) is 137 cm³/mol. The Labute approximate surface area is 226 Å². The number of nitrogens with one attached hydrogen (secondary N) is 1. The van der Waals surface area contributed by atoms with Gasteiger partial charge in [0.15, 0.2) is 0 Å². The number of aromatic nitrogens is 1. The van der Waals surface area contributed by atoms with E-state index in [0.717, 1.165) is 6.07 Å². The fraction of sp³-hybridized carbons (Fsp3) is 0.370. The maximum atomic E-state index is 13.5. The number of H-pyrrole nitrogens is 1. The molecule has 1 saturated heterocycles. The molecule has 1 aromatic heterocycles. The lowest BCUT2D eigenvalue weighted by molar-refractivity contribution is -0.167. The van der Waals surface area contributed by atoms with E-state index in [2.05, 4.69) is 4.98 Å². The minimum atomic E-state index is -4.58. The Morgan fingerprint density at radius 2 is 1.95 bits per heavy atom. The van der Waals surface area contributed by atoms with E-state index in [-0.39, 0.29) is 43.9 Å². The highest BCUT2D eigenvalue weighted by molar-refractivity contribution is 6.28. The molecule has 2 atom stereocenters. The standard InChI is InChI=1S/C27H27F3N2O8/c1-37-8-9-38-19(14-39-26(36)25(34)35)12-18-13-32(15-40-18)17-7-6-16-10-23(31-24(33)21(16)11-17)20-4-2-3-5-22(20)27(28,29)30/h2-7,10-11,18-19H,8-9,12-15H2,1H3,(H,31,33)(H,34,35)/t18-,19?/m0/s1. The average Bonchev–Trinajstić information content (AvgIpc) is 3.39. The van der Waals surface area contributed by atoms with Crippen molar-refractivity contribution in [3.63, 3.8) is 0 Å². The van der Waals surface area contributed by atoms with Gasteiger partial charge in [0, 0.05) is 42.4 Å². The van der Waals surface area contributed by atoms with E-state index < -0.39 is 35.3 Å². The molecular formula is C27H27F3N2O8. The number of methoxy groups -OCH3 is 1. The van der Waals surface area contributed by atoms with Gasteiger partial charge < -0.3 is 33.9 Å². The van der Waals surface area contributed by atoms with E-state index in [1.165, 1.54) is 31.4 Å². The summed E-state index contributed by atoms with van der Waals surface area (Å²) in [5.41, 5.74) is -0.770. The highest BCUT2D eigenvalue weighted by Gasteiger charge is 2.34. The average molecular weight is 565 g/mol. The second-order valence-corrected chi connectivity index (χ2v) is 9.09. The van der Waals surface area contributed by atoms with Crippen molar-refractivity contribution in [2.24, 2.45) is 0 Å². The topological polar surface area (TPSA) is 127 Å². The van der Waals surface area contributed by atoms with Crippen molar-refractivity contribution in [2.45, 2.75) is 24.8 Å². The number of carbonyl (C=O) groups is 2. The molecule has 0 amide bonds. The first-order chi connectivity index (χ1) is 19.1. The van der Waals surface area contributed by atoms with Gasteiger partial charge in [-0.2, -0.15) is 13.2 Å². The second-order valence-electron chi connectivity index (χ2n) is 9.09. The van der Waals surface area contributed by atoms with E-state index in [0.29, 0.717) is 29.4 Å². The smallest absolute Gasteiger partial charge is 0.417 e. The van der Waals surface area contributed by atoms with Crippen LogP contribution in [0.2, 0.25) is 0 Å². The third kappa shape index (κ3) is 6.97. The molecule has 2 aromatic carbocycles. The first-order valence-electron chi connectivity index (χ1n) is 12.3. The van der Waals surface area contributed by atoms with E-state index in [9.17, 15) is 27.6 Å². The largest absolute Gasteiger partial charge is 0.473 e. The molecule has 1 fully saturated rings. The summed E-state index contributed by atoms with van der Waals surface area (Å²) in [7, 11) is 1.50. The molecule has 0 bridgehead atoms. The number of carboxylic acids is 1. The molecule has 1 aliphatic rings. The van der Waals surface area contributed by atoms with Crippen LogP contribution in [0.25, 0.3) is 22.0 Å². The zero-order valence-electron chi connectivity index (χ0n) is 21.4. The van der Waals surface area contributed by atoms with Crippen molar-refractivity contribution in [1.29, 1.82) is 0 Å². The molecule has 0 aliphatic carbocycles. The van der Waals surface area contributed by atoms with Crippen LogP contribution < -0.4 is 10.5 Å². The lowest BCUT2D eigenvalue weighted by Crippen LogP contribution is -2.31. The van der Waals surface area contributed by atoms with Crippen molar-refractivity contribution >= 4 is 28.4 Å². The molecule has 1 unspecified atom stereocenters. The Morgan fingerprint density at radius 3 is 2.67 bits per heavy atom. The van der Waals surface area contributed by atoms with Crippen LogP contribution in [0, 0.1) is 0 Å². The Bertz CT molecular complexity index is 1420. The lowest BCUT2D eigenvalue weighted by Gasteiger charge is -2.21. The molecular weight excluding hydrogens is 537 g/mol. The molecule has 0 spiro atoms. The molecule has 1 aliphatic heterocycles. The number of halogens is 3. The number of alkyl halides is 3. The number of fused-ring (bicyclic) bond motifs is 1. The monoisotopic (exact) mass is 564 g/mol. The number of pyridine rings is 1. The van der Waals surface area contributed by atoms with Crippen molar-refractivity contribution < 1.29 is 46.8 Å². The number of ether oxygens (including phenoxy) is 4. The predicted octanol–water partition coefficient (Wildman–Crippen LogP) is 3.43. The number of aromatic amines is 1. The van der Waals surface area contributed by atoms with Crippen LogP contribution in [0.3, 0.4) is 0 Å². The summed E-state index contributed by atoms with van der Waals surface area (Å²) in [5, 5.41) is 9.51. The highest BCUT2D eigenvalue weighted by atomic mass is 19.4. The molecule has 4 rings (SSSR count). The SMILES string of the molecule is COCCOC(COC(=O)C(=O)O)C[C@H]1CN(c2ccc3cc(-c4ccccc4C(F)(F)F)[nH]c(=O)c3c2)CO1. The van der Waals surface area contributed by atoms with Gasteiger partial charge in [-0.1, -0.05) is 24.3 Å². The van der Waals surface area contributed by atoms with Gasteiger partial charge >= 0.3 is 18.1 Å². The number of hydrogen-bond acceptors (Lipinski definition) is 8. The summed E-state index contributed by atoms with van der Waals surface area (Å²) in [6, 6.07) is 11.6. The number of anilines is 1. The number of aliphatic carboxylic acids is 1. The molecule has 2 heterocycles. The minimum absolute atomic E-state index is 0.0610. The zero-order valence-corrected chi connectivity index (χ0v) is 21.4. The number of rotatable bonds is 10. The third-order valence-electron chi connectivity index (χ3n) is 6.35. The number of carbonyl (C=O) groups excluding carboxylic acids is 1. The summed E-state index contributed by atoms with van der Waals surface area (Å²) in [4.78, 5) is 39.4. The normalized spacial score (nSPS) is 16.3. The van der Waals surface area contributed by atoms with E-state index in [4.69, 9.17) is 24.1 Å². The van der Waals surface area contributed by atoms with Crippen LogP contribution in [0.1, 0.15) is 12.0 Å². The Balaban J connectivity index is 1.48. The van der Waals surface area contributed by atoms with E-state index in [1.54, 1.807) is 18.2 Å². The van der Waals surface area contributed by atoms with Crippen molar-refractivity contribution in [3.8, 4) is 11.3 Å². The Hall–Kier alpha value is -3.94. The summed E-state index contributed by atoms with van der Waals surface area (Å²) < 4.78 is 61.7. The first kappa shape index (κ1) is 29.1. The number of nitrogens with zero attached hydrogens (tertiary/aromatic N) is 1. The fourth-order valence-electron chi connectivity index (χ4n) is 4.43. The van der Waals surface area contributed by atoms with Gasteiger partial charge in [-0.05, 0) is 29.7 Å². The van der Waals surface area contributed by atoms with Gasteiger partial charge in [0.2, 0.25) is 0 Å². The molecule has 0 saturated carbocycles. The van der Waals surface area contributed by atoms with Gasteiger partial charge in [-0.3, -0.25) is 4.79 Å². The maximum absolute atomic E-state index is 13.5. The highest BCUT2D eigenvalue weighted by Crippen LogP contribution is 2.36. The quantitative estimate of drug-likeness (QED) is 0.216. The van der Waals surface area contributed by atoms with Crippen LogP contribution in [-0.2, 0) is 34.7 Å². The van der Waals surface area contributed by atoms with Crippen molar-refractivity contribution in [3.05, 3.63) is 64.4 Å². The molecule has 3 aromatic rings. The van der Waals surface area contributed by atoms with Gasteiger partial charge in [0.05, 0.1) is 31.0 Å². The van der Waals surface area contributed by atoms with Gasteiger partial charge in [0.1, 0.15) is 13.3 Å². The summed E-state index contributed by atoms with van der Waals surface area (Å²) in [6.07, 6.45) is -5.28. The van der Waals surface area contributed by atoms with E-state index in [1.807, 2.05) is 4.90 Å².